The Bertz CT molecular complexity index is 521. The van der Waals surface area contributed by atoms with E-state index in [0.29, 0.717) is 5.92 Å². The Hall–Kier alpha value is -1.35. The lowest BCUT2D eigenvalue weighted by Crippen LogP contribution is -2.46. The molecule has 20 heavy (non-hydrogen) atoms. The summed E-state index contributed by atoms with van der Waals surface area (Å²) in [5, 5.41) is 0. The van der Waals surface area contributed by atoms with Crippen molar-refractivity contribution in [3.8, 4) is 0 Å². The Morgan fingerprint density at radius 3 is 2.75 bits per heavy atom. The minimum absolute atomic E-state index is 0.000577. The number of rotatable bonds is 1. The summed E-state index contributed by atoms with van der Waals surface area (Å²) in [5.74, 6) is 0.370. The predicted molar refractivity (Wildman–Crippen MR) is 76.3 cm³/mol. The molecular weight excluding hydrogens is 250 g/mol. The molecule has 2 fully saturated rings. The number of nitrogens with zero attached hydrogens (tertiary/aromatic N) is 1. The van der Waals surface area contributed by atoms with Gasteiger partial charge in [0.25, 0.3) is 0 Å². The lowest BCUT2D eigenvalue weighted by atomic mass is 9.78. The monoisotopic (exact) mass is 271 g/mol. The number of hydrogen-bond donors (Lipinski definition) is 0. The molecule has 2 saturated heterocycles. The summed E-state index contributed by atoms with van der Waals surface area (Å²) in [6.07, 6.45) is 5.90. The molecule has 3 heteroatoms. The van der Waals surface area contributed by atoms with Gasteiger partial charge in [0.2, 0.25) is 0 Å². The zero-order valence-electron chi connectivity index (χ0n) is 11.8. The van der Waals surface area contributed by atoms with Gasteiger partial charge in [-0.1, -0.05) is 30.7 Å². The van der Waals surface area contributed by atoms with Gasteiger partial charge in [-0.05, 0) is 49.9 Å². The molecule has 1 aromatic rings. The van der Waals surface area contributed by atoms with Crippen molar-refractivity contribution >= 4 is 5.97 Å². The standard InChI is InChI=1S/C17H21NO2/c19-17-15(18-10-4-1-5-11-18)14-9-8-12-6-2-3-7-13(12)16(14)20-17/h2-3,6-7,14-16H,1,4-5,8-11H2/t14-,15+,16+/m1/s1. The second kappa shape index (κ2) is 4.88. The fraction of sp³-hybridized carbons (Fsp3) is 0.588. The van der Waals surface area contributed by atoms with Crippen LogP contribution in [0.15, 0.2) is 24.3 Å². The highest BCUT2D eigenvalue weighted by Crippen LogP contribution is 2.45. The van der Waals surface area contributed by atoms with Gasteiger partial charge < -0.3 is 4.74 Å². The van der Waals surface area contributed by atoms with Crippen molar-refractivity contribution in [3.05, 3.63) is 35.4 Å². The first kappa shape index (κ1) is 12.4. The van der Waals surface area contributed by atoms with Gasteiger partial charge in [-0.2, -0.15) is 0 Å². The maximum absolute atomic E-state index is 12.4. The molecule has 0 spiro atoms. The third-order valence-electron chi connectivity index (χ3n) is 5.17. The molecule has 3 atom stereocenters. The number of esters is 1. The highest BCUT2D eigenvalue weighted by Gasteiger charge is 2.49. The molecule has 1 aromatic carbocycles. The van der Waals surface area contributed by atoms with Crippen molar-refractivity contribution < 1.29 is 9.53 Å². The fourth-order valence-corrected chi connectivity index (χ4v) is 4.20. The van der Waals surface area contributed by atoms with Crippen LogP contribution in [0.4, 0.5) is 0 Å². The quantitative estimate of drug-likeness (QED) is 0.736. The maximum Gasteiger partial charge on any atom is 0.324 e. The molecule has 0 radical (unpaired) electrons. The van der Waals surface area contributed by atoms with E-state index in [-0.39, 0.29) is 18.1 Å². The Labute approximate surface area is 119 Å². The van der Waals surface area contributed by atoms with Gasteiger partial charge in [0.1, 0.15) is 12.1 Å². The molecule has 2 heterocycles. The zero-order chi connectivity index (χ0) is 13.5. The van der Waals surface area contributed by atoms with Crippen molar-refractivity contribution in [3.63, 3.8) is 0 Å². The van der Waals surface area contributed by atoms with Crippen molar-refractivity contribution in [1.29, 1.82) is 0 Å². The van der Waals surface area contributed by atoms with Crippen molar-refractivity contribution in [1.82, 2.24) is 4.90 Å². The maximum atomic E-state index is 12.4. The summed E-state index contributed by atoms with van der Waals surface area (Å²) in [6, 6.07) is 8.46. The third kappa shape index (κ3) is 1.87. The Morgan fingerprint density at radius 2 is 1.90 bits per heavy atom. The van der Waals surface area contributed by atoms with Crippen LogP contribution < -0.4 is 0 Å². The Balaban J connectivity index is 1.64. The van der Waals surface area contributed by atoms with Crippen molar-refractivity contribution in [2.45, 2.75) is 44.2 Å². The first-order chi connectivity index (χ1) is 9.84. The van der Waals surface area contributed by atoms with E-state index in [0.717, 1.165) is 25.9 Å². The van der Waals surface area contributed by atoms with E-state index in [1.165, 1.54) is 30.4 Å². The average Bonchev–Trinajstić information content (AvgIpc) is 2.84. The van der Waals surface area contributed by atoms with Crippen molar-refractivity contribution in [2.24, 2.45) is 5.92 Å². The summed E-state index contributed by atoms with van der Waals surface area (Å²) in [4.78, 5) is 14.8. The molecule has 4 rings (SSSR count). The summed E-state index contributed by atoms with van der Waals surface area (Å²) in [7, 11) is 0. The molecule has 0 amide bonds. The largest absolute Gasteiger partial charge is 0.456 e. The van der Waals surface area contributed by atoms with Gasteiger partial charge >= 0.3 is 5.97 Å². The van der Waals surface area contributed by atoms with Crippen LogP contribution in [0.5, 0.6) is 0 Å². The second-order valence-corrected chi connectivity index (χ2v) is 6.30. The molecule has 0 saturated carbocycles. The lowest BCUT2D eigenvalue weighted by molar-refractivity contribution is -0.145. The van der Waals surface area contributed by atoms with E-state index in [1.807, 2.05) is 0 Å². The SMILES string of the molecule is O=C1O[C@H]2c3ccccc3CC[C@@H]2[C@@H]1N1CCCCC1. The number of aryl methyl sites for hydroxylation is 1. The van der Waals surface area contributed by atoms with Gasteiger partial charge in [-0.25, -0.2) is 0 Å². The number of fused-ring (bicyclic) bond motifs is 3. The smallest absolute Gasteiger partial charge is 0.324 e. The van der Waals surface area contributed by atoms with Crippen LogP contribution in [0.3, 0.4) is 0 Å². The predicted octanol–water partition coefficient (Wildman–Crippen LogP) is 2.70. The molecule has 106 valence electrons. The van der Waals surface area contributed by atoms with E-state index in [1.54, 1.807) is 0 Å². The first-order valence-electron chi connectivity index (χ1n) is 7.87. The third-order valence-corrected chi connectivity index (χ3v) is 5.17. The average molecular weight is 271 g/mol. The van der Waals surface area contributed by atoms with Crippen LogP contribution in [0.25, 0.3) is 0 Å². The van der Waals surface area contributed by atoms with Crippen LogP contribution in [0.2, 0.25) is 0 Å². The fourth-order valence-electron chi connectivity index (χ4n) is 4.20. The number of piperidine rings is 1. The molecule has 0 N–H and O–H groups in total. The molecule has 0 bridgehead atoms. The molecule has 3 aliphatic rings. The number of carbonyl (C=O) groups is 1. The van der Waals surface area contributed by atoms with Crippen LogP contribution >= 0.6 is 0 Å². The Kier molecular flexibility index (Phi) is 3.03. The van der Waals surface area contributed by atoms with E-state index >= 15 is 0 Å². The molecule has 0 aromatic heterocycles. The molecule has 0 unspecified atom stereocenters. The minimum atomic E-state index is -0.000577. The Morgan fingerprint density at radius 1 is 1.10 bits per heavy atom. The summed E-state index contributed by atoms with van der Waals surface area (Å²) < 4.78 is 5.78. The molecule has 1 aliphatic carbocycles. The van der Waals surface area contributed by atoms with Gasteiger partial charge in [-0.15, -0.1) is 0 Å². The van der Waals surface area contributed by atoms with E-state index in [4.69, 9.17) is 4.74 Å². The van der Waals surface area contributed by atoms with Crippen LogP contribution in [-0.4, -0.2) is 30.0 Å². The van der Waals surface area contributed by atoms with E-state index in [2.05, 4.69) is 29.2 Å². The van der Waals surface area contributed by atoms with Gasteiger partial charge in [0.05, 0.1) is 0 Å². The van der Waals surface area contributed by atoms with Crippen LogP contribution in [0, 0.1) is 5.92 Å². The molecular formula is C17H21NO2. The summed E-state index contributed by atoms with van der Waals surface area (Å²) >= 11 is 0. The first-order valence-corrected chi connectivity index (χ1v) is 7.87. The summed E-state index contributed by atoms with van der Waals surface area (Å²) in [5.41, 5.74) is 2.61. The topological polar surface area (TPSA) is 29.5 Å². The molecule has 3 nitrogen and oxygen atoms in total. The summed E-state index contributed by atoms with van der Waals surface area (Å²) in [6.45, 7) is 2.12. The van der Waals surface area contributed by atoms with Crippen LogP contribution in [-0.2, 0) is 16.0 Å². The molecule has 2 aliphatic heterocycles. The lowest BCUT2D eigenvalue weighted by Gasteiger charge is -2.35. The van der Waals surface area contributed by atoms with Gasteiger partial charge in [-0.3, -0.25) is 9.69 Å². The minimum Gasteiger partial charge on any atom is -0.456 e. The number of hydrogen-bond acceptors (Lipinski definition) is 3. The number of benzene rings is 1. The number of likely N-dealkylation sites (tertiary alicyclic amines) is 1. The number of carbonyl (C=O) groups excluding carboxylic acids is 1. The highest BCUT2D eigenvalue weighted by atomic mass is 16.6. The zero-order valence-corrected chi connectivity index (χ0v) is 11.8. The van der Waals surface area contributed by atoms with E-state index < -0.39 is 0 Å². The van der Waals surface area contributed by atoms with Crippen LogP contribution in [0.1, 0.15) is 42.9 Å². The van der Waals surface area contributed by atoms with Gasteiger partial charge in [0.15, 0.2) is 0 Å². The normalized spacial score (nSPS) is 33.4. The van der Waals surface area contributed by atoms with E-state index in [9.17, 15) is 4.79 Å². The second-order valence-electron chi connectivity index (χ2n) is 6.30. The highest BCUT2D eigenvalue weighted by molar-refractivity contribution is 5.79. The van der Waals surface area contributed by atoms with Crippen molar-refractivity contribution in [2.75, 3.05) is 13.1 Å². The van der Waals surface area contributed by atoms with Gasteiger partial charge in [0, 0.05) is 5.92 Å². The number of ether oxygens (including phenoxy) is 1.